The Morgan fingerprint density at radius 1 is 1.44 bits per heavy atom. The van der Waals surface area contributed by atoms with Gasteiger partial charge in [-0.15, -0.1) is 0 Å². The quantitative estimate of drug-likeness (QED) is 0.874. The Hall–Kier alpha value is -0.870. The molecule has 0 aliphatic heterocycles. The van der Waals surface area contributed by atoms with E-state index in [0.29, 0.717) is 6.42 Å². The number of hydrogen-bond acceptors (Lipinski definition) is 2. The average molecular weight is 313 g/mol. The Morgan fingerprint density at radius 2 is 2.17 bits per heavy atom. The lowest BCUT2D eigenvalue weighted by atomic mass is 10.1. The van der Waals surface area contributed by atoms with Gasteiger partial charge >= 0.3 is 0 Å². The number of carbonyl (C=O) groups excluding carboxylic acids is 1. The number of amides is 1. The first-order valence-corrected chi connectivity index (χ1v) is 6.97. The molecule has 0 atom stereocenters. The Morgan fingerprint density at radius 3 is 2.78 bits per heavy atom. The summed E-state index contributed by atoms with van der Waals surface area (Å²) in [5.74, 6) is 0.200. The molecule has 0 unspecified atom stereocenters. The van der Waals surface area contributed by atoms with Crippen LogP contribution in [0.5, 0.6) is 0 Å². The van der Waals surface area contributed by atoms with E-state index >= 15 is 0 Å². The van der Waals surface area contributed by atoms with Crippen LogP contribution in [0.4, 0.5) is 0 Å². The van der Waals surface area contributed by atoms with Gasteiger partial charge in [-0.3, -0.25) is 4.79 Å². The lowest BCUT2D eigenvalue weighted by Crippen LogP contribution is -2.32. The van der Waals surface area contributed by atoms with Gasteiger partial charge in [-0.1, -0.05) is 28.1 Å². The van der Waals surface area contributed by atoms with Crippen molar-refractivity contribution in [2.45, 2.75) is 19.8 Å². The van der Waals surface area contributed by atoms with Gasteiger partial charge < -0.3 is 10.2 Å². The molecule has 0 spiro atoms. The molecule has 0 radical (unpaired) electrons. The fourth-order valence-electron chi connectivity index (χ4n) is 1.71. The monoisotopic (exact) mass is 312 g/mol. The van der Waals surface area contributed by atoms with Crippen molar-refractivity contribution in [3.8, 4) is 0 Å². The van der Waals surface area contributed by atoms with Gasteiger partial charge in [0.25, 0.3) is 0 Å². The predicted octanol–water partition coefficient (Wildman–Crippen LogP) is 2.37. The van der Waals surface area contributed by atoms with Crippen LogP contribution in [0, 0.1) is 6.92 Å². The summed E-state index contributed by atoms with van der Waals surface area (Å²) in [6.45, 7) is 3.66. The molecular weight excluding hydrogens is 292 g/mol. The molecule has 1 aromatic rings. The van der Waals surface area contributed by atoms with Crippen molar-refractivity contribution in [3.63, 3.8) is 0 Å². The highest BCUT2D eigenvalue weighted by Crippen LogP contribution is 2.18. The van der Waals surface area contributed by atoms with Crippen molar-refractivity contribution in [2.24, 2.45) is 0 Å². The van der Waals surface area contributed by atoms with E-state index in [1.807, 2.05) is 20.2 Å². The molecule has 0 bridgehead atoms. The molecule has 3 nitrogen and oxygen atoms in total. The van der Waals surface area contributed by atoms with Gasteiger partial charge in [-0.05, 0) is 37.6 Å². The third-order valence-electron chi connectivity index (χ3n) is 2.97. The maximum atomic E-state index is 11.9. The van der Waals surface area contributed by atoms with Crippen LogP contribution < -0.4 is 5.32 Å². The van der Waals surface area contributed by atoms with Gasteiger partial charge in [0.15, 0.2) is 0 Å². The van der Waals surface area contributed by atoms with Gasteiger partial charge in [0, 0.05) is 31.0 Å². The zero-order valence-electron chi connectivity index (χ0n) is 11.3. The highest BCUT2D eigenvalue weighted by atomic mass is 79.9. The van der Waals surface area contributed by atoms with Crippen LogP contribution in [0.25, 0.3) is 0 Å². The second-order valence-electron chi connectivity index (χ2n) is 4.50. The molecule has 4 heteroatoms. The van der Waals surface area contributed by atoms with E-state index in [-0.39, 0.29) is 5.91 Å². The molecule has 1 aromatic carbocycles. The molecular formula is C14H21BrN2O. The van der Waals surface area contributed by atoms with E-state index in [4.69, 9.17) is 0 Å². The van der Waals surface area contributed by atoms with Crippen molar-refractivity contribution in [2.75, 3.05) is 27.2 Å². The minimum absolute atomic E-state index is 0.200. The number of likely N-dealkylation sites (N-methyl/N-ethyl adjacent to an activating group) is 2. The summed E-state index contributed by atoms with van der Waals surface area (Å²) in [5, 5.41) is 3.04. The molecule has 0 aliphatic rings. The number of nitrogens with zero attached hydrogens (tertiary/aromatic N) is 1. The molecule has 0 heterocycles. The third kappa shape index (κ3) is 4.78. The molecule has 100 valence electrons. The van der Waals surface area contributed by atoms with Crippen molar-refractivity contribution in [1.82, 2.24) is 10.2 Å². The summed E-state index contributed by atoms with van der Waals surface area (Å²) < 4.78 is 1.11. The summed E-state index contributed by atoms with van der Waals surface area (Å²) in [6, 6.07) is 6.24. The summed E-state index contributed by atoms with van der Waals surface area (Å²) in [7, 11) is 3.75. The van der Waals surface area contributed by atoms with Gasteiger partial charge in [0.2, 0.25) is 5.91 Å². The maximum absolute atomic E-state index is 11.9. The topological polar surface area (TPSA) is 32.3 Å². The Labute approximate surface area is 118 Å². The molecule has 0 saturated carbocycles. The molecule has 0 saturated heterocycles. The number of hydrogen-bond donors (Lipinski definition) is 1. The van der Waals surface area contributed by atoms with E-state index in [0.717, 1.165) is 24.0 Å². The Bertz CT molecular complexity index is 407. The summed E-state index contributed by atoms with van der Waals surface area (Å²) in [5.41, 5.74) is 2.43. The van der Waals surface area contributed by atoms with Crippen molar-refractivity contribution >= 4 is 21.8 Å². The maximum Gasteiger partial charge on any atom is 0.222 e. The fraction of sp³-hybridized carbons (Fsp3) is 0.500. The first-order chi connectivity index (χ1) is 8.54. The van der Waals surface area contributed by atoms with Crippen LogP contribution in [0.2, 0.25) is 0 Å². The Kier molecular flexibility index (Phi) is 6.36. The number of nitrogens with one attached hydrogen (secondary N) is 1. The molecule has 18 heavy (non-hydrogen) atoms. The van der Waals surface area contributed by atoms with Crippen LogP contribution in [0.1, 0.15) is 17.5 Å². The largest absolute Gasteiger partial charge is 0.344 e. The lowest BCUT2D eigenvalue weighted by molar-refractivity contribution is -0.129. The minimum Gasteiger partial charge on any atom is -0.344 e. The summed E-state index contributed by atoms with van der Waals surface area (Å²) in [6.07, 6.45) is 1.37. The van der Waals surface area contributed by atoms with Gasteiger partial charge in [0.05, 0.1) is 0 Å². The van der Waals surface area contributed by atoms with E-state index in [1.54, 1.807) is 4.90 Å². The highest BCUT2D eigenvalue weighted by Gasteiger charge is 2.08. The van der Waals surface area contributed by atoms with Crippen LogP contribution in [-0.4, -0.2) is 38.0 Å². The zero-order valence-corrected chi connectivity index (χ0v) is 12.9. The first-order valence-electron chi connectivity index (χ1n) is 6.18. The van der Waals surface area contributed by atoms with E-state index in [1.165, 1.54) is 11.1 Å². The van der Waals surface area contributed by atoms with Crippen LogP contribution >= 0.6 is 15.9 Å². The SMILES string of the molecule is CNCCN(C)C(=O)CCc1ccc(Br)c(C)c1. The third-order valence-corrected chi connectivity index (χ3v) is 3.86. The highest BCUT2D eigenvalue weighted by molar-refractivity contribution is 9.10. The standard InChI is InChI=1S/C14H21BrN2O/c1-11-10-12(4-6-13(11)15)5-7-14(18)17(3)9-8-16-2/h4,6,10,16H,5,7-9H2,1-3H3. The average Bonchev–Trinajstić information content (AvgIpc) is 2.36. The van der Waals surface area contributed by atoms with E-state index in [9.17, 15) is 4.79 Å². The number of halogens is 1. The minimum atomic E-state index is 0.200. The normalized spacial score (nSPS) is 10.4. The van der Waals surface area contributed by atoms with Crippen molar-refractivity contribution < 1.29 is 4.79 Å². The molecule has 1 rings (SSSR count). The lowest BCUT2D eigenvalue weighted by Gasteiger charge is -2.16. The van der Waals surface area contributed by atoms with Crippen LogP contribution in [0.3, 0.4) is 0 Å². The second-order valence-corrected chi connectivity index (χ2v) is 5.36. The summed E-state index contributed by atoms with van der Waals surface area (Å²) >= 11 is 3.48. The summed E-state index contributed by atoms with van der Waals surface area (Å²) in [4.78, 5) is 13.6. The number of benzene rings is 1. The number of rotatable bonds is 6. The first kappa shape index (κ1) is 15.2. The van der Waals surface area contributed by atoms with Crippen molar-refractivity contribution in [1.29, 1.82) is 0 Å². The smallest absolute Gasteiger partial charge is 0.222 e. The predicted molar refractivity (Wildman–Crippen MR) is 78.8 cm³/mol. The molecule has 1 N–H and O–H groups in total. The Balaban J connectivity index is 2.44. The van der Waals surface area contributed by atoms with Crippen molar-refractivity contribution in [3.05, 3.63) is 33.8 Å². The van der Waals surface area contributed by atoms with E-state index < -0.39 is 0 Å². The fourth-order valence-corrected chi connectivity index (χ4v) is 1.96. The van der Waals surface area contributed by atoms with E-state index in [2.05, 4.69) is 40.3 Å². The molecule has 0 aromatic heterocycles. The second kappa shape index (κ2) is 7.54. The van der Waals surface area contributed by atoms with Gasteiger partial charge in [-0.25, -0.2) is 0 Å². The van der Waals surface area contributed by atoms with Gasteiger partial charge in [-0.2, -0.15) is 0 Å². The number of carbonyl (C=O) groups is 1. The van der Waals surface area contributed by atoms with Crippen LogP contribution in [0.15, 0.2) is 22.7 Å². The molecule has 0 aliphatic carbocycles. The zero-order chi connectivity index (χ0) is 13.5. The van der Waals surface area contributed by atoms with Gasteiger partial charge in [0.1, 0.15) is 0 Å². The number of aryl methyl sites for hydroxylation is 2. The molecule has 1 amide bonds. The van der Waals surface area contributed by atoms with Crippen LogP contribution in [-0.2, 0) is 11.2 Å². The molecule has 0 fully saturated rings.